The molecule has 1 aliphatic heterocycles. The summed E-state index contributed by atoms with van der Waals surface area (Å²) < 4.78 is 26.7. The molecule has 0 spiro atoms. The fourth-order valence-corrected chi connectivity index (χ4v) is 4.46. The third kappa shape index (κ3) is 3.52. The monoisotopic (exact) mass is 316 g/mol. The van der Waals surface area contributed by atoms with Gasteiger partial charge in [0.05, 0.1) is 5.02 Å². The molecule has 1 saturated heterocycles. The second-order valence-corrected chi connectivity index (χ2v) is 7.40. The van der Waals surface area contributed by atoms with E-state index in [0.717, 1.165) is 25.9 Å². The summed E-state index contributed by atoms with van der Waals surface area (Å²) in [5.74, 6) is 0.563. The van der Waals surface area contributed by atoms with Crippen LogP contribution >= 0.6 is 11.6 Å². The van der Waals surface area contributed by atoms with Crippen LogP contribution in [-0.4, -0.2) is 38.9 Å². The zero-order chi connectivity index (χ0) is 14.6. The molecule has 0 unspecified atom stereocenters. The SMILES string of the molecule is CCNCC1CCN(S(=O)(=O)c2ccccc2Cl)CC1. The van der Waals surface area contributed by atoms with Crippen molar-refractivity contribution in [2.45, 2.75) is 24.7 Å². The zero-order valence-electron chi connectivity index (χ0n) is 11.7. The highest BCUT2D eigenvalue weighted by Gasteiger charge is 2.30. The molecular weight excluding hydrogens is 296 g/mol. The van der Waals surface area contributed by atoms with Crippen LogP contribution in [0, 0.1) is 5.92 Å². The molecule has 1 N–H and O–H groups in total. The average Bonchev–Trinajstić information content (AvgIpc) is 2.46. The van der Waals surface area contributed by atoms with Gasteiger partial charge in [0, 0.05) is 13.1 Å². The van der Waals surface area contributed by atoms with Crippen LogP contribution in [0.2, 0.25) is 5.02 Å². The quantitative estimate of drug-likeness (QED) is 0.907. The third-order valence-corrected chi connectivity index (χ3v) is 6.11. The molecule has 1 aliphatic rings. The minimum Gasteiger partial charge on any atom is -0.317 e. The third-order valence-electron chi connectivity index (χ3n) is 3.71. The minimum atomic E-state index is -3.46. The number of nitrogens with zero attached hydrogens (tertiary/aromatic N) is 1. The van der Waals surface area contributed by atoms with Crippen LogP contribution in [0.4, 0.5) is 0 Å². The van der Waals surface area contributed by atoms with Gasteiger partial charge in [-0.25, -0.2) is 8.42 Å². The zero-order valence-corrected chi connectivity index (χ0v) is 13.3. The molecule has 112 valence electrons. The van der Waals surface area contributed by atoms with Gasteiger partial charge in [0.1, 0.15) is 4.90 Å². The molecule has 0 aliphatic carbocycles. The van der Waals surface area contributed by atoms with E-state index in [1.807, 2.05) is 0 Å². The van der Waals surface area contributed by atoms with Crippen molar-refractivity contribution < 1.29 is 8.42 Å². The van der Waals surface area contributed by atoms with E-state index in [4.69, 9.17) is 11.6 Å². The molecule has 0 radical (unpaired) electrons. The van der Waals surface area contributed by atoms with Crippen molar-refractivity contribution in [2.75, 3.05) is 26.2 Å². The molecule has 2 rings (SSSR count). The second kappa shape index (κ2) is 6.89. The van der Waals surface area contributed by atoms with Crippen molar-refractivity contribution in [2.24, 2.45) is 5.92 Å². The molecule has 0 bridgehead atoms. The summed E-state index contributed by atoms with van der Waals surface area (Å²) in [5, 5.41) is 3.62. The summed E-state index contributed by atoms with van der Waals surface area (Å²) in [5.41, 5.74) is 0. The van der Waals surface area contributed by atoms with Crippen LogP contribution in [0.25, 0.3) is 0 Å². The summed E-state index contributed by atoms with van der Waals surface area (Å²) in [7, 11) is -3.46. The minimum absolute atomic E-state index is 0.215. The van der Waals surface area contributed by atoms with E-state index in [1.165, 1.54) is 0 Å². The van der Waals surface area contributed by atoms with Crippen LogP contribution in [0.3, 0.4) is 0 Å². The van der Waals surface area contributed by atoms with E-state index in [0.29, 0.717) is 24.0 Å². The Balaban J connectivity index is 2.04. The van der Waals surface area contributed by atoms with Gasteiger partial charge < -0.3 is 5.32 Å². The predicted molar refractivity (Wildman–Crippen MR) is 81.5 cm³/mol. The fourth-order valence-electron chi connectivity index (χ4n) is 2.50. The van der Waals surface area contributed by atoms with Crippen molar-refractivity contribution in [3.63, 3.8) is 0 Å². The maximum atomic E-state index is 12.6. The van der Waals surface area contributed by atoms with Crippen LogP contribution < -0.4 is 5.32 Å². The summed E-state index contributed by atoms with van der Waals surface area (Å²) in [6.45, 7) is 5.15. The van der Waals surface area contributed by atoms with E-state index < -0.39 is 10.0 Å². The smallest absolute Gasteiger partial charge is 0.244 e. The molecule has 1 fully saturated rings. The number of benzene rings is 1. The number of hydrogen-bond donors (Lipinski definition) is 1. The van der Waals surface area contributed by atoms with Crippen molar-refractivity contribution in [3.05, 3.63) is 29.3 Å². The lowest BCUT2D eigenvalue weighted by Crippen LogP contribution is -2.40. The number of rotatable bonds is 5. The van der Waals surface area contributed by atoms with Crippen LogP contribution in [0.5, 0.6) is 0 Å². The Bertz CT molecular complexity index is 540. The number of sulfonamides is 1. The molecule has 0 saturated carbocycles. The van der Waals surface area contributed by atoms with Gasteiger partial charge in [0.2, 0.25) is 10.0 Å². The lowest BCUT2D eigenvalue weighted by Gasteiger charge is -2.31. The number of piperidine rings is 1. The summed E-state index contributed by atoms with van der Waals surface area (Å²) in [6.07, 6.45) is 1.80. The van der Waals surface area contributed by atoms with Crippen LogP contribution in [-0.2, 0) is 10.0 Å². The highest BCUT2D eigenvalue weighted by Crippen LogP contribution is 2.27. The molecule has 1 heterocycles. The second-order valence-electron chi connectivity index (χ2n) is 5.09. The van der Waals surface area contributed by atoms with Crippen molar-refractivity contribution in [1.29, 1.82) is 0 Å². The molecule has 0 amide bonds. The molecule has 1 aromatic carbocycles. The van der Waals surface area contributed by atoms with Gasteiger partial charge in [-0.15, -0.1) is 0 Å². The van der Waals surface area contributed by atoms with E-state index in [-0.39, 0.29) is 4.90 Å². The van der Waals surface area contributed by atoms with E-state index in [1.54, 1.807) is 28.6 Å². The first-order valence-electron chi connectivity index (χ1n) is 7.01. The predicted octanol–water partition coefficient (Wildman–Crippen LogP) is 2.35. The molecule has 20 heavy (non-hydrogen) atoms. The van der Waals surface area contributed by atoms with E-state index in [9.17, 15) is 8.42 Å². The standard InChI is InChI=1S/C14H21ClN2O2S/c1-2-16-11-12-7-9-17(10-8-12)20(18,19)14-6-4-3-5-13(14)15/h3-6,12,16H,2,7-11H2,1H3. The lowest BCUT2D eigenvalue weighted by molar-refractivity contribution is 0.268. The highest BCUT2D eigenvalue weighted by atomic mass is 35.5. The Kier molecular flexibility index (Phi) is 5.43. The van der Waals surface area contributed by atoms with Gasteiger partial charge in [-0.2, -0.15) is 4.31 Å². The van der Waals surface area contributed by atoms with Crippen molar-refractivity contribution in [1.82, 2.24) is 9.62 Å². The topological polar surface area (TPSA) is 49.4 Å². The average molecular weight is 317 g/mol. The first kappa shape index (κ1) is 15.8. The molecular formula is C14H21ClN2O2S. The first-order chi connectivity index (χ1) is 9.55. The number of hydrogen-bond acceptors (Lipinski definition) is 3. The Morgan fingerprint density at radius 2 is 1.95 bits per heavy atom. The Labute approximate surface area is 126 Å². The van der Waals surface area contributed by atoms with Crippen LogP contribution in [0.1, 0.15) is 19.8 Å². The number of halogens is 1. The van der Waals surface area contributed by atoms with Crippen molar-refractivity contribution in [3.8, 4) is 0 Å². The van der Waals surface area contributed by atoms with Gasteiger partial charge in [-0.1, -0.05) is 30.7 Å². The van der Waals surface area contributed by atoms with Gasteiger partial charge in [-0.3, -0.25) is 0 Å². The number of nitrogens with one attached hydrogen (secondary N) is 1. The summed E-state index contributed by atoms with van der Waals surface area (Å²) >= 11 is 6.01. The molecule has 0 aromatic heterocycles. The maximum absolute atomic E-state index is 12.6. The molecule has 1 aromatic rings. The Hall–Kier alpha value is -0.620. The Morgan fingerprint density at radius 1 is 1.30 bits per heavy atom. The van der Waals surface area contributed by atoms with E-state index in [2.05, 4.69) is 12.2 Å². The largest absolute Gasteiger partial charge is 0.317 e. The molecule has 4 nitrogen and oxygen atoms in total. The van der Waals surface area contributed by atoms with E-state index >= 15 is 0 Å². The Morgan fingerprint density at radius 3 is 2.55 bits per heavy atom. The normalized spacial score (nSPS) is 18.3. The summed E-state index contributed by atoms with van der Waals surface area (Å²) in [4.78, 5) is 0.215. The molecule has 6 heteroatoms. The van der Waals surface area contributed by atoms with Gasteiger partial charge in [0.25, 0.3) is 0 Å². The highest BCUT2D eigenvalue weighted by molar-refractivity contribution is 7.89. The van der Waals surface area contributed by atoms with Gasteiger partial charge in [0.15, 0.2) is 0 Å². The van der Waals surface area contributed by atoms with Crippen molar-refractivity contribution >= 4 is 21.6 Å². The lowest BCUT2D eigenvalue weighted by atomic mass is 9.98. The van der Waals surface area contributed by atoms with Gasteiger partial charge >= 0.3 is 0 Å². The maximum Gasteiger partial charge on any atom is 0.244 e. The van der Waals surface area contributed by atoms with Gasteiger partial charge in [-0.05, 0) is 44.0 Å². The first-order valence-corrected chi connectivity index (χ1v) is 8.83. The summed E-state index contributed by atoms with van der Waals surface area (Å²) in [6, 6.07) is 6.63. The van der Waals surface area contributed by atoms with Crippen LogP contribution in [0.15, 0.2) is 29.2 Å². The fraction of sp³-hybridized carbons (Fsp3) is 0.571. The molecule has 0 atom stereocenters.